The fraction of sp³-hybridized carbons (Fsp3) is 0.231. The van der Waals surface area contributed by atoms with Crippen molar-refractivity contribution < 1.29 is 9.18 Å². The quantitative estimate of drug-likeness (QED) is 0.475. The third-order valence-corrected chi connectivity index (χ3v) is 6.04. The summed E-state index contributed by atoms with van der Waals surface area (Å²) in [6.07, 6.45) is 2.81. The third kappa shape index (κ3) is 3.69. The van der Waals surface area contributed by atoms with Gasteiger partial charge in [-0.15, -0.1) is 0 Å². The molecule has 1 aliphatic rings. The SMILES string of the molecule is CCCNC(=O)N1Cc2c(C)nn(-c3ccccc3)c2-n2cccc2[C@@H]1c1cccc(F)c1. The smallest absolute Gasteiger partial charge is 0.318 e. The van der Waals surface area contributed by atoms with Gasteiger partial charge in [0.25, 0.3) is 0 Å². The van der Waals surface area contributed by atoms with Crippen LogP contribution < -0.4 is 5.32 Å². The van der Waals surface area contributed by atoms with E-state index in [2.05, 4.69) is 9.88 Å². The minimum Gasteiger partial charge on any atom is -0.338 e. The van der Waals surface area contributed by atoms with Crippen LogP contribution in [0.3, 0.4) is 0 Å². The van der Waals surface area contributed by atoms with Gasteiger partial charge < -0.3 is 14.8 Å². The highest BCUT2D eigenvalue weighted by Crippen LogP contribution is 2.38. The number of urea groups is 1. The first kappa shape index (κ1) is 21.0. The highest BCUT2D eigenvalue weighted by molar-refractivity contribution is 5.76. The molecule has 1 atom stereocenters. The van der Waals surface area contributed by atoms with E-state index in [4.69, 9.17) is 5.10 Å². The summed E-state index contributed by atoms with van der Waals surface area (Å²) in [7, 11) is 0. The molecule has 7 heteroatoms. The normalized spacial score (nSPS) is 15.0. The van der Waals surface area contributed by atoms with Crippen LogP contribution in [0.1, 0.15) is 41.9 Å². The standard InChI is InChI=1S/C26H26FN5O/c1-3-14-28-26(33)31-17-22-18(2)29-32(21-11-5-4-6-12-21)25(22)30-15-8-13-23(30)24(31)19-9-7-10-20(27)16-19/h4-13,15-16,24H,3,14,17H2,1-2H3,(H,28,33)/t24-/m0/s1. The lowest BCUT2D eigenvalue weighted by molar-refractivity contribution is 0.180. The second-order valence-corrected chi connectivity index (χ2v) is 8.26. The second-order valence-electron chi connectivity index (χ2n) is 8.26. The number of hydrogen-bond acceptors (Lipinski definition) is 2. The number of amides is 2. The van der Waals surface area contributed by atoms with Crippen LogP contribution in [0.5, 0.6) is 0 Å². The number of rotatable bonds is 4. The van der Waals surface area contributed by atoms with E-state index >= 15 is 0 Å². The van der Waals surface area contributed by atoms with Crippen LogP contribution in [0.4, 0.5) is 9.18 Å². The molecule has 0 fully saturated rings. The molecule has 2 aromatic carbocycles. The molecule has 0 saturated carbocycles. The number of nitrogens with zero attached hydrogens (tertiary/aromatic N) is 4. The maximum atomic E-state index is 14.3. The molecule has 0 radical (unpaired) electrons. The van der Waals surface area contributed by atoms with E-state index in [1.54, 1.807) is 11.0 Å². The largest absolute Gasteiger partial charge is 0.338 e. The van der Waals surface area contributed by atoms with Crippen LogP contribution in [0, 0.1) is 12.7 Å². The number of fused-ring (bicyclic) bond motifs is 3. The summed E-state index contributed by atoms with van der Waals surface area (Å²) in [5.41, 5.74) is 4.35. The van der Waals surface area contributed by atoms with Crippen molar-refractivity contribution in [1.82, 2.24) is 24.6 Å². The van der Waals surface area contributed by atoms with Crippen molar-refractivity contribution in [3.8, 4) is 11.5 Å². The molecule has 0 aliphatic carbocycles. The summed E-state index contributed by atoms with van der Waals surface area (Å²) >= 11 is 0. The Hall–Kier alpha value is -3.87. The Bertz CT molecular complexity index is 1290. The fourth-order valence-electron chi connectivity index (χ4n) is 4.51. The molecule has 1 aliphatic heterocycles. The monoisotopic (exact) mass is 443 g/mol. The van der Waals surface area contributed by atoms with E-state index < -0.39 is 6.04 Å². The van der Waals surface area contributed by atoms with E-state index in [0.29, 0.717) is 13.1 Å². The molecule has 6 nitrogen and oxygen atoms in total. The molecule has 5 rings (SSSR count). The predicted molar refractivity (Wildman–Crippen MR) is 125 cm³/mol. The number of aryl methyl sites for hydroxylation is 1. The lowest BCUT2D eigenvalue weighted by Crippen LogP contribution is -2.42. The Balaban J connectivity index is 1.74. The molecule has 0 saturated heterocycles. The molecule has 0 unspecified atom stereocenters. The minimum atomic E-state index is -0.455. The number of hydrogen-bond donors (Lipinski definition) is 1. The van der Waals surface area contributed by atoms with Crippen LogP contribution >= 0.6 is 0 Å². The topological polar surface area (TPSA) is 55.1 Å². The Labute approximate surface area is 192 Å². The molecular formula is C26H26FN5O. The van der Waals surface area contributed by atoms with Crippen molar-refractivity contribution in [2.24, 2.45) is 0 Å². The third-order valence-electron chi connectivity index (χ3n) is 6.04. The Morgan fingerprint density at radius 3 is 2.70 bits per heavy atom. The summed E-state index contributed by atoms with van der Waals surface area (Å²) in [6.45, 7) is 4.91. The van der Waals surface area contributed by atoms with Crippen molar-refractivity contribution in [2.45, 2.75) is 32.9 Å². The lowest BCUT2D eigenvalue weighted by atomic mass is 10.0. The fourth-order valence-corrected chi connectivity index (χ4v) is 4.51. The molecule has 0 bridgehead atoms. The summed E-state index contributed by atoms with van der Waals surface area (Å²) in [5, 5.41) is 7.84. The Kier molecular flexibility index (Phi) is 5.46. The van der Waals surface area contributed by atoms with Crippen LogP contribution in [-0.2, 0) is 6.54 Å². The van der Waals surface area contributed by atoms with E-state index in [1.807, 2.05) is 73.3 Å². The zero-order chi connectivity index (χ0) is 22.9. The predicted octanol–water partition coefficient (Wildman–Crippen LogP) is 5.14. The van der Waals surface area contributed by atoms with Gasteiger partial charge in [-0.2, -0.15) is 5.10 Å². The number of benzene rings is 2. The first-order chi connectivity index (χ1) is 16.1. The zero-order valence-corrected chi connectivity index (χ0v) is 18.7. The molecular weight excluding hydrogens is 417 g/mol. The molecule has 2 aromatic heterocycles. The van der Waals surface area contributed by atoms with Gasteiger partial charge in [0, 0.05) is 18.3 Å². The van der Waals surface area contributed by atoms with Crippen LogP contribution in [0.25, 0.3) is 11.5 Å². The van der Waals surface area contributed by atoms with Crippen molar-refractivity contribution in [1.29, 1.82) is 0 Å². The molecule has 0 spiro atoms. The highest BCUT2D eigenvalue weighted by Gasteiger charge is 2.35. The maximum absolute atomic E-state index is 14.3. The van der Waals surface area contributed by atoms with Crippen molar-refractivity contribution in [3.63, 3.8) is 0 Å². The number of para-hydroxylation sites is 1. The summed E-state index contributed by atoms with van der Waals surface area (Å²) in [4.78, 5) is 15.2. The summed E-state index contributed by atoms with van der Waals surface area (Å²) < 4.78 is 18.3. The molecule has 4 aromatic rings. The van der Waals surface area contributed by atoms with E-state index in [0.717, 1.165) is 40.4 Å². The van der Waals surface area contributed by atoms with Gasteiger partial charge >= 0.3 is 6.03 Å². The Morgan fingerprint density at radius 1 is 1.12 bits per heavy atom. The highest BCUT2D eigenvalue weighted by atomic mass is 19.1. The van der Waals surface area contributed by atoms with Gasteiger partial charge in [0.2, 0.25) is 0 Å². The van der Waals surface area contributed by atoms with Gasteiger partial charge in [0.1, 0.15) is 11.6 Å². The average Bonchev–Trinajstić information content (AvgIpc) is 3.38. The number of carbonyl (C=O) groups is 1. The van der Waals surface area contributed by atoms with Crippen LogP contribution in [0.15, 0.2) is 72.9 Å². The van der Waals surface area contributed by atoms with Gasteiger partial charge in [-0.25, -0.2) is 13.9 Å². The Morgan fingerprint density at radius 2 is 1.94 bits per heavy atom. The van der Waals surface area contributed by atoms with Crippen LogP contribution in [0.2, 0.25) is 0 Å². The van der Waals surface area contributed by atoms with E-state index in [1.165, 1.54) is 12.1 Å². The lowest BCUT2D eigenvalue weighted by Gasteiger charge is -2.31. The van der Waals surface area contributed by atoms with Crippen LogP contribution in [-0.4, -0.2) is 31.8 Å². The number of aromatic nitrogens is 3. The van der Waals surface area contributed by atoms with Crippen molar-refractivity contribution >= 4 is 6.03 Å². The molecule has 2 amide bonds. The molecule has 3 heterocycles. The van der Waals surface area contributed by atoms with E-state index in [-0.39, 0.29) is 11.8 Å². The average molecular weight is 444 g/mol. The van der Waals surface area contributed by atoms with Gasteiger partial charge in [-0.3, -0.25) is 0 Å². The molecule has 1 N–H and O–H groups in total. The van der Waals surface area contributed by atoms with Crippen molar-refractivity contribution in [3.05, 3.63) is 101 Å². The van der Waals surface area contributed by atoms with E-state index in [9.17, 15) is 9.18 Å². The molecule has 33 heavy (non-hydrogen) atoms. The van der Waals surface area contributed by atoms with Gasteiger partial charge in [0.15, 0.2) is 0 Å². The van der Waals surface area contributed by atoms with Crippen molar-refractivity contribution in [2.75, 3.05) is 6.54 Å². The first-order valence-electron chi connectivity index (χ1n) is 11.2. The van der Waals surface area contributed by atoms with Gasteiger partial charge in [0.05, 0.1) is 29.7 Å². The summed E-state index contributed by atoms with van der Waals surface area (Å²) in [6, 6.07) is 19.7. The summed E-state index contributed by atoms with van der Waals surface area (Å²) in [5.74, 6) is 0.568. The maximum Gasteiger partial charge on any atom is 0.318 e. The zero-order valence-electron chi connectivity index (χ0n) is 18.7. The van der Waals surface area contributed by atoms with Gasteiger partial charge in [-0.05, 0) is 55.3 Å². The van der Waals surface area contributed by atoms with Gasteiger partial charge in [-0.1, -0.05) is 37.3 Å². The number of nitrogens with one attached hydrogen (secondary N) is 1. The minimum absolute atomic E-state index is 0.182. The second kappa shape index (κ2) is 8.58. The first-order valence-corrected chi connectivity index (χ1v) is 11.2. The number of carbonyl (C=O) groups excluding carboxylic acids is 1. The number of halogens is 1. The molecule has 168 valence electrons.